The molecule has 0 fully saturated rings. The molecule has 0 aliphatic heterocycles. The van der Waals surface area contributed by atoms with Gasteiger partial charge in [-0.2, -0.15) is 0 Å². The summed E-state index contributed by atoms with van der Waals surface area (Å²) in [5.74, 6) is -1.20. The summed E-state index contributed by atoms with van der Waals surface area (Å²) in [6.07, 6.45) is -0.0557. The minimum Gasteiger partial charge on any atom is -0.480 e. The summed E-state index contributed by atoms with van der Waals surface area (Å²) < 4.78 is 1.32. The number of aliphatic hydroxyl groups excluding tert-OH is 1. The van der Waals surface area contributed by atoms with E-state index in [1.807, 2.05) is 0 Å². The van der Waals surface area contributed by atoms with Gasteiger partial charge < -0.3 is 20.8 Å². The van der Waals surface area contributed by atoms with Crippen LogP contribution < -0.4 is 10.6 Å². The van der Waals surface area contributed by atoms with Crippen molar-refractivity contribution in [3.05, 3.63) is 27.1 Å². The molecule has 4 N–H and O–H groups in total. The number of aliphatic hydroxyl groups is 1. The number of para-hydroxylation sites is 1. The third kappa shape index (κ3) is 4.81. The summed E-state index contributed by atoms with van der Waals surface area (Å²) in [6.45, 7) is -0.323. The van der Waals surface area contributed by atoms with E-state index in [1.165, 1.54) is 0 Å². The number of hydrogen-bond acceptors (Lipinski definition) is 3. The van der Waals surface area contributed by atoms with Crippen LogP contribution in [0.3, 0.4) is 0 Å². The molecule has 0 heterocycles. The molecule has 1 aromatic rings. The first-order valence-electron chi connectivity index (χ1n) is 5.31. The van der Waals surface area contributed by atoms with Crippen molar-refractivity contribution < 1.29 is 19.8 Å². The number of hydrogen-bond donors (Lipinski definition) is 4. The van der Waals surface area contributed by atoms with Crippen LogP contribution >= 0.6 is 31.9 Å². The Hall–Kier alpha value is -1.12. The highest BCUT2D eigenvalue weighted by atomic mass is 79.9. The number of benzene rings is 1. The summed E-state index contributed by atoms with van der Waals surface area (Å²) in [6, 6.07) is 3.47. The molecule has 0 bridgehead atoms. The van der Waals surface area contributed by atoms with Gasteiger partial charge in [0.2, 0.25) is 0 Å². The molecular weight excluding hydrogens is 384 g/mol. The lowest BCUT2D eigenvalue weighted by atomic mass is 10.2. The Labute approximate surface area is 126 Å². The molecule has 1 atom stereocenters. The Morgan fingerprint density at radius 2 is 1.84 bits per heavy atom. The first-order chi connectivity index (χ1) is 8.95. The van der Waals surface area contributed by atoms with E-state index in [9.17, 15) is 9.59 Å². The van der Waals surface area contributed by atoms with Gasteiger partial charge in [0.15, 0.2) is 0 Å². The lowest BCUT2D eigenvalue weighted by Gasteiger charge is -2.15. The third-order valence-corrected chi connectivity index (χ3v) is 3.54. The first-order valence-corrected chi connectivity index (χ1v) is 6.89. The lowest BCUT2D eigenvalue weighted by Crippen LogP contribution is -2.43. The lowest BCUT2D eigenvalue weighted by molar-refractivity contribution is -0.139. The van der Waals surface area contributed by atoms with E-state index in [2.05, 4.69) is 42.5 Å². The highest BCUT2D eigenvalue weighted by Crippen LogP contribution is 2.30. The van der Waals surface area contributed by atoms with E-state index in [1.54, 1.807) is 18.2 Å². The van der Waals surface area contributed by atoms with Gasteiger partial charge >= 0.3 is 12.0 Å². The Balaban J connectivity index is 2.72. The average molecular weight is 396 g/mol. The summed E-state index contributed by atoms with van der Waals surface area (Å²) in [4.78, 5) is 22.5. The number of aliphatic carboxylic acids is 1. The van der Waals surface area contributed by atoms with Crippen LogP contribution in [-0.2, 0) is 4.79 Å². The molecule has 1 rings (SSSR count). The molecule has 0 spiro atoms. The van der Waals surface area contributed by atoms with Crippen LogP contribution in [-0.4, -0.2) is 34.9 Å². The highest BCUT2D eigenvalue weighted by Gasteiger charge is 2.19. The van der Waals surface area contributed by atoms with Gasteiger partial charge in [0.1, 0.15) is 6.04 Å². The molecule has 0 aliphatic rings. The Bertz CT molecular complexity index is 462. The van der Waals surface area contributed by atoms with Gasteiger partial charge in [0.25, 0.3) is 0 Å². The summed E-state index contributed by atoms with van der Waals surface area (Å²) in [5, 5.41) is 22.4. The number of carbonyl (C=O) groups excluding carboxylic acids is 1. The highest BCUT2D eigenvalue weighted by molar-refractivity contribution is 9.11. The van der Waals surface area contributed by atoms with Crippen LogP contribution in [0.25, 0.3) is 0 Å². The smallest absolute Gasteiger partial charge is 0.326 e. The fourth-order valence-electron chi connectivity index (χ4n) is 1.31. The largest absolute Gasteiger partial charge is 0.480 e. The van der Waals surface area contributed by atoms with E-state index in [0.29, 0.717) is 14.6 Å². The zero-order chi connectivity index (χ0) is 14.4. The van der Waals surface area contributed by atoms with Gasteiger partial charge in [-0.15, -0.1) is 0 Å². The maximum Gasteiger partial charge on any atom is 0.326 e. The minimum absolute atomic E-state index is 0.0557. The molecule has 1 aromatic carbocycles. The molecule has 19 heavy (non-hydrogen) atoms. The molecule has 0 saturated heterocycles. The quantitative estimate of drug-likeness (QED) is 0.613. The number of carbonyl (C=O) groups is 2. The van der Waals surface area contributed by atoms with Crippen molar-refractivity contribution in [3.8, 4) is 0 Å². The van der Waals surface area contributed by atoms with Crippen molar-refractivity contribution in [2.24, 2.45) is 0 Å². The molecule has 8 heteroatoms. The zero-order valence-corrected chi connectivity index (χ0v) is 12.9. The van der Waals surface area contributed by atoms with E-state index in [0.717, 1.165) is 0 Å². The van der Waals surface area contributed by atoms with E-state index < -0.39 is 18.0 Å². The Morgan fingerprint density at radius 3 is 2.32 bits per heavy atom. The molecule has 6 nitrogen and oxygen atoms in total. The van der Waals surface area contributed by atoms with Gasteiger partial charge in [-0.25, -0.2) is 9.59 Å². The predicted octanol–water partition coefficient (Wildman–Crippen LogP) is 2.17. The van der Waals surface area contributed by atoms with Crippen LogP contribution in [0.4, 0.5) is 10.5 Å². The van der Waals surface area contributed by atoms with Crippen LogP contribution in [0.5, 0.6) is 0 Å². The van der Waals surface area contributed by atoms with Crippen LogP contribution in [0, 0.1) is 0 Å². The average Bonchev–Trinajstić information content (AvgIpc) is 2.33. The van der Waals surface area contributed by atoms with Crippen molar-refractivity contribution in [2.45, 2.75) is 12.5 Å². The normalized spacial score (nSPS) is 11.7. The second-order valence-electron chi connectivity index (χ2n) is 3.60. The van der Waals surface area contributed by atoms with Crippen LogP contribution in [0.15, 0.2) is 27.1 Å². The maximum absolute atomic E-state index is 11.7. The topological polar surface area (TPSA) is 98.7 Å². The first kappa shape index (κ1) is 15.9. The van der Waals surface area contributed by atoms with Crippen molar-refractivity contribution in [3.63, 3.8) is 0 Å². The monoisotopic (exact) mass is 394 g/mol. The number of urea groups is 1. The molecule has 0 saturated carbocycles. The molecule has 2 amide bonds. The minimum atomic E-state index is -1.20. The Kier molecular flexibility index (Phi) is 6.26. The van der Waals surface area contributed by atoms with E-state index in [-0.39, 0.29) is 13.0 Å². The second kappa shape index (κ2) is 7.46. The Morgan fingerprint density at radius 1 is 1.26 bits per heavy atom. The number of amides is 2. The molecule has 0 unspecified atom stereocenters. The van der Waals surface area contributed by atoms with Crippen molar-refractivity contribution >= 4 is 49.5 Å². The SMILES string of the molecule is O=C(Nc1c(Br)cccc1Br)N[C@H](CCO)C(=O)O. The standard InChI is InChI=1S/C11H12Br2N2O4/c12-6-2-1-3-7(13)9(6)15-11(19)14-8(4-5-16)10(17)18/h1-3,8,16H,4-5H2,(H,17,18)(H2,14,15,19)/t8-/m1/s1. The second-order valence-corrected chi connectivity index (χ2v) is 5.31. The number of carboxylic acids is 1. The number of carboxylic acid groups (broad SMARTS) is 1. The molecule has 104 valence electrons. The number of anilines is 1. The van der Waals surface area contributed by atoms with E-state index in [4.69, 9.17) is 10.2 Å². The number of halogens is 2. The van der Waals surface area contributed by atoms with Gasteiger partial charge in [0, 0.05) is 22.0 Å². The summed E-state index contributed by atoms with van der Waals surface area (Å²) in [5.41, 5.74) is 0.494. The third-order valence-electron chi connectivity index (χ3n) is 2.22. The zero-order valence-electron chi connectivity index (χ0n) is 9.69. The van der Waals surface area contributed by atoms with E-state index >= 15 is 0 Å². The number of rotatable bonds is 5. The van der Waals surface area contributed by atoms with Crippen LogP contribution in [0.2, 0.25) is 0 Å². The summed E-state index contributed by atoms with van der Waals surface area (Å²) in [7, 11) is 0. The van der Waals surface area contributed by atoms with Gasteiger partial charge in [0.05, 0.1) is 5.69 Å². The van der Waals surface area contributed by atoms with Crippen molar-refractivity contribution in [1.29, 1.82) is 0 Å². The number of nitrogens with one attached hydrogen (secondary N) is 2. The van der Waals surface area contributed by atoms with Gasteiger partial charge in [-0.3, -0.25) is 0 Å². The predicted molar refractivity (Wildman–Crippen MR) is 77.1 cm³/mol. The van der Waals surface area contributed by atoms with Gasteiger partial charge in [-0.05, 0) is 44.0 Å². The molecule has 0 aliphatic carbocycles. The van der Waals surface area contributed by atoms with Crippen molar-refractivity contribution in [2.75, 3.05) is 11.9 Å². The van der Waals surface area contributed by atoms with Crippen LogP contribution in [0.1, 0.15) is 6.42 Å². The fourth-order valence-corrected chi connectivity index (χ4v) is 2.51. The van der Waals surface area contributed by atoms with Crippen molar-refractivity contribution in [1.82, 2.24) is 5.32 Å². The summed E-state index contributed by atoms with van der Waals surface area (Å²) >= 11 is 6.55. The maximum atomic E-state index is 11.7. The molecular formula is C11H12Br2N2O4. The van der Waals surface area contributed by atoms with Gasteiger partial charge in [-0.1, -0.05) is 6.07 Å². The molecule has 0 aromatic heterocycles. The fraction of sp³-hybridized carbons (Fsp3) is 0.273. The molecule has 0 radical (unpaired) electrons.